The van der Waals surface area contributed by atoms with Gasteiger partial charge in [-0.25, -0.2) is 4.98 Å². The molecule has 5 nitrogen and oxygen atoms in total. The number of para-hydroxylation sites is 2. The Hall–Kier alpha value is -2.08. The van der Waals surface area contributed by atoms with Crippen molar-refractivity contribution in [2.24, 2.45) is 0 Å². The second-order valence-corrected chi connectivity index (χ2v) is 5.64. The quantitative estimate of drug-likeness (QED) is 0.944. The second kappa shape index (κ2) is 6.13. The van der Waals surface area contributed by atoms with Gasteiger partial charge in [0.1, 0.15) is 5.69 Å². The van der Waals surface area contributed by atoms with Crippen molar-refractivity contribution < 1.29 is 4.79 Å². The maximum Gasteiger partial charge on any atom is 0.273 e. The summed E-state index contributed by atoms with van der Waals surface area (Å²) in [5, 5.41) is 5.03. The van der Waals surface area contributed by atoms with Crippen LogP contribution in [0.4, 0.5) is 11.4 Å². The maximum absolute atomic E-state index is 12.3. The van der Waals surface area contributed by atoms with Crippen LogP contribution < -0.4 is 10.2 Å². The van der Waals surface area contributed by atoms with Crippen molar-refractivity contribution in [2.75, 3.05) is 43.4 Å². The van der Waals surface area contributed by atoms with E-state index in [2.05, 4.69) is 27.3 Å². The average Bonchev–Trinajstić information content (AvgIpc) is 3.09. The standard InChI is InChI=1S/C15H18N4OS/c1-16-12-4-2-3-5-14(12)18-6-8-19(9-7-18)15(20)13-10-21-11-17-13/h2-5,10-11,16H,6-9H2,1H3. The van der Waals surface area contributed by atoms with Crippen LogP contribution in [0.15, 0.2) is 35.2 Å². The Balaban J connectivity index is 1.66. The molecule has 1 aromatic heterocycles. The fourth-order valence-corrected chi connectivity index (χ4v) is 3.12. The Kier molecular flexibility index (Phi) is 4.06. The molecule has 0 saturated carbocycles. The summed E-state index contributed by atoms with van der Waals surface area (Å²) in [7, 11) is 1.93. The molecule has 0 aliphatic carbocycles. The zero-order chi connectivity index (χ0) is 14.7. The smallest absolute Gasteiger partial charge is 0.273 e. The van der Waals surface area contributed by atoms with Crippen molar-refractivity contribution in [1.82, 2.24) is 9.88 Å². The predicted octanol–water partition coefficient (Wildman–Crippen LogP) is 2.15. The number of hydrogen-bond acceptors (Lipinski definition) is 5. The summed E-state index contributed by atoms with van der Waals surface area (Å²) in [6.07, 6.45) is 0. The molecular formula is C15H18N4OS. The van der Waals surface area contributed by atoms with E-state index in [9.17, 15) is 4.79 Å². The molecule has 0 atom stereocenters. The van der Waals surface area contributed by atoms with Gasteiger partial charge in [-0.1, -0.05) is 12.1 Å². The van der Waals surface area contributed by atoms with E-state index in [4.69, 9.17) is 0 Å². The average molecular weight is 302 g/mol. The lowest BCUT2D eigenvalue weighted by molar-refractivity contribution is 0.0742. The topological polar surface area (TPSA) is 48.5 Å². The Labute approximate surface area is 128 Å². The molecule has 3 rings (SSSR count). The van der Waals surface area contributed by atoms with E-state index >= 15 is 0 Å². The second-order valence-electron chi connectivity index (χ2n) is 4.92. The first-order chi connectivity index (χ1) is 10.3. The number of thiazole rings is 1. The molecule has 1 aromatic carbocycles. The summed E-state index contributed by atoms with van der Waals surface area (Å²) in [4.78, 5) is 20.6. The van der Waals surface area contributed by atoms with Gasteiger partial charge in [-0.2, -0.15) is 0 Å². The minimum Gasteiger partial charge on any atom is -0.386 e. The van der Waals surface area contributed by atoms with Crippen LogP contribution in [-0.4, -0.2) is 49.0 Å². The molecule has 1 aliphatic heterocycles. The molecule has 1 saturated heterocycles. The third-order valence-corrected chi connectivity index (χ3v) is 4.32. The zero-order valence-corrected chi connectivity index (χ0v) is 12.8. The molecule has 2 heterocycles. The number of hydrogen-bond donors (Lipinski definition) is 1. The minimum absolute atomic E-state index is 0.0396. The lowest BCUT2D eigenvalue weighted by Gasteiger charge is -2.36. The van der Waals surface area contributed by atoms with Crippen LogP contribution in [0, 0.1) is 0 Å². The summed E-state index contributed by atoms with van der Waals surface area (Å²) in [6, 6.07) is 8.26. The number of carbonyl (C=O) groups excluding carboxylic acids is 1. The van der Waals surface area contributed by atoms with Crippen molar-refractivity contribution in [3.05, 3.63) is 40.8 Å². The summed E-state index contributed by atoms with van der Waals surface area (Å²) in [5.41, 5.74) is 4.58. The number of rotatable bonds is 3. The molecule has 1 amide bonds. The summed E-state index contributed by atoms with van der Waals surface area (Å²) >= 11 is 1.46. The van der Waals surface area contributed by atoms with Gasteiger partial charge in [0, 0.05) is 38.6 Å². The fourth-order valence-electron chi connectivity index (χ4n) is 2.59. The molecule has 6 heteroatoms. The summed E-state index contributed by atoms with van der Waals surface area (Å²) < 4.78 is 0. The van der Waals surface area contributed by atoms with Gasteiger partial charge >= 0.3 is 0 Å². The van der Waals surface area contributed by atoms with E-state index in [-0.39, 0.29) is 5.91 Å². The molecule has 2 aromatic rings. The zero-order valence-electron chi connectivity index (χ0n) is 12.0. The van der Waals surface area contributed by atoms with Gasteiger partial charge in [-0.05, 0) is 12.1 Å². The van der Waals surface area contributed by atoms with Gasteiger partial charge in [0.2, 0.25) is 0 Å². The Morgan fingerprint density at radius 3 is 2.67 bits per heavy atom. The molecule has 0 spiro atoms. The van der Waals surface area contributed by atoms with Gasteiger partial charge < -0.3 is 15.1 Å². The first-order valence-electron chi connectivity index (χ1n) is 6.99. The van der Waals surface area contributed by atoms with E-state index in [0.29, 0.717) is 5.69 Å². The van der Waals surface area contributed by atoms with Crippen molar-refractivity contribution in [2.45, 2.75) is 0 Å². The van der Waals surface area contributed by atoms with Crippen LogP contribution in [-0.2, 0) is 0 Å². The Bertz CT molecular complexity index is 606. The minimum atomic E-state index is 0.0396. The molecule has 21 heavy (non-hydrogen) atoms. The van der Waals surface area contributed by atoms with E-state index in [1.165, 1.54) is 17.0 Å². The number of nitrogens with one attached hydrogen (secondary N) is 1. The number of nitrogens with zero attached hydrogens (tertiary/aromatic N) is 3. The molecule has 0 unspecified atom stereocenters. The van der Waals surface area contributed by atoms with E-state index in [1.807, 2.05) is 29.5 Å². The monoisotopic (exact) mass is 302 g/mol. The molecule has 0 radical (unpaired) electrons. The van der Waals surface area contributed by atoms with Gasteiger partial charge in [0.25, 0.3) is 5.91 Å². The lowest BCUT2D eigenvalue weighted by Crippen LogP contribution is -2.49. The molecular weight excluding hydrogens is 284 g/mol. The Morgan fingerprint density at radius 1 is 1.24 bits per heavy atom. The number of piperazine rings is 1. The molecule has 1 fully saturated rings. The Morgan fingerprint density at radius 2 is 2.00 bits per heavy atom. The molecule has 1 N–H and O–H groups in total. The number of amides is 1. The summed E-state index contributed by atoms with van der Waals surface area (Å²) in [5.74, 6) is 0.0396. The molecule has 1 aliphatic rings. The third-order valence-electron chi connectivity index (χ3n) is 3.73. The normalized spacial score (nSPS) is 15.1. The van der Waals surface area contributed by atoms with Crippen molar-refractivity contribution >= 4 is 28.6 Å². The van der Waals surface area contributed by atoms with Gasteiger partial charge in [-0.15, -0.1) is 11.3 Å². The van der Waals surface area contributed by atoms with Crippen LogP contribution in [0.2, 0.25) is 0 Å². The van der Waals surface area contributed by atoms with E-state index < -0.39 is 0 Å². The lowest BCUT2D eigenvalue weighted by atomic mass is 10.2. The van der Waals surface area contributed by atoms with Crippen LogP contribution in [0.1, 0.15) is 10.5 Å². The number of carbonyl (C=O) groups is 1. The highest BCUT2D eigenvalue weighted by atomic mass is 32.1. The van der Waals surface area contributed by atoms with Crippen LogP contribution in [0.3, 0.4) is 0 Å². The predicted molar refractivity (Wildman–Crippen MR) is 86.2 cm³/mol. The van der Waals surface area contributed by atoms with Crippen LogP contribution in [0.5, 0.6) is 0 Å². The van der Waals surface area contributed by atoms with E-state index in [0.717, 1.165) is 31.9 Å². The van der Waals surface area contributed by atoms with Gasteiger partial charge in [0.15, 0.2) is 0 Å². The van der Waals surface area contributed by atoms with Crippen molar-refractivity contribution in [3.8, 4) is 0 Å². The van der Waals surface area contributed by atoms with Gasteiger partial charge in [-0.3, -0.25) is 4.79 Å². The fraction of sp³-hybridized carbons (Fsp3) is 0.333. The SMILES string of the molecule is CNc1ccccc1N1CCN(C(=O)c2cscn2)CC1. The summed E-state index contributed by atoms with van der Waals surface area (Å²) in [6.45, 7) is 3.14. The maximum atomic E-state index is 12.3. The van der Waals surface area contributed by atoms with Crippen LogP contribution >= 0.6 is 11.3 Å². The molecule has 0 bridgehead atoms. The van der Waals surface area contributed by atoms with E-state index in [1.54, 1.807) is 5.51 Å². The molecule has 110 valence electrons. The highest BCUT2D eigenvalue weighted by Crippen LogP contribution is 2.26. The van der Waals surface area contributed by atoms with Crippen molar-refractivity contribution in [1.29, 1.82) is 0 Å². The van der Waals surface area contributed by atoms with Crippen LogP contribution in [0.25, 0.3) is 0 Å². The highest BCUT2D eigenvalue weighted by Gasteiger charge is 2.24. The first-order valence-corrected chi connectivity index (χ1v) is 7.93. The first kappa shape index (κ1) is 13.9. The highest BCUT2D eigenvalue weighted by molar-refractivity contribution is 7.07. The third kappa shape index (κ3) is 2.85. The van der Waals surface area contributed by atoms with Gasteiger partial charge in [0.05, 0.1) is 16.9 Å². The van der Waals surface area contributed by atoms with Crippen molar-refractivity contribution in [3.63, 3.8) is 0 Å². The number of anilines is 2. The largest absolute Gasteiger partial charge is 0.386 e. The number of benzene rings is 1. The number of aromatic nitrogens is 1.